The first kappa shape index (κ1) is 12.7. The van der Waals surface area contributed by atoms with Gasteiger partial charge in [-0.3, -0.25) is 4.79 Å². The van der Waals surface area contributed by atoms with E-state index in [4.69, 9.17) is 0 Å². The lowest BCUT2D eigenvalue weighted by Gasteiger charge is -2.08. The molecule has 1 heterocycles. The monoisotopic (exact) mass is 246 g/mol. The van der Waals surface area contributed by atoms with Gasteiger partial charge < -0.3 is 10.3 Å². The average Bonchev–Trinajstić information content (AvgIpc) is 2.67. The minimum absolute atomic E-state index is 0.0239. The summed E-state index contributed by atoms with van der Waals surface area (Å²) in [5.74, 6) is -0.377. The molecule has 3 N–H and O–H groups in total. The van der Waals surface area contributed by atoms with Gasteiger partial charge in [0.1, 0.15) is 0 Å². The fraction of sp³-hybridized carbons (Fsp3) is 0.500. The van der Waals surface area contributed by atoms with Gasteiger partial charge >= 0.3 is 0 Å². The summed E-state index contributed by atoms with van der Waals surface area (Å²) in [5, 5.41) is 2.50. The van der Waals surface area contributed by atoms with Crippen molar-refractivity contribution in [1.82, 2.24) is 20.0 Å². The zero-order valence-electron chi connectivity index (χ0n) is 9.02. The number of rotatable bonds is 5. The molecule has 0 spiro atoms. The predicted octanol–water partition coefficient (Wildman–Crippen LogP) is -0.787. The van der Waals surface area contributed by atoms with Crippen LogP contribution in [0, 0.1) is 0 Å². The van der Waals surface area contributed by atoms with Gasteiger partial charge in [0, 0.05) is 6.04 Å². The van der Waals surface area contributed by atoms with Crippen LogP contribution in [0.2, 0.25) is 0 Å². The first-order valence-corrected chi connectivity index (χ1v) is 6.17. The molecule has 1 aromatic heterocycles. The van der Waals surface area contributed by atoms with Crippen molar-refractivity contribution in [1.29, 1.82) is 0 Å². The highest BCUT2D eigenvalue weighted by Gasteiger charge is 2.16. The minimum atomic E-state index is -3.68. The number of hydrogen-bond donors (Lipinski definition) is 3. The summed E-state index contributed by atoms with van der Waals surface area (Å²) in [5.41, 5.74) is 0. The molecular formula is C8H14N4O3S. The summed E-state index contributed by atoms with van der Waals surface area (Å²) in [6.45, 7) is 3.29. The summed E-state index contributed by atoms with van der Waals surface area (Å²) in [7, 11) is -3.68. The maximum atomic E-state index is 11.5. The highest BCUT2D eigenvalue weighted by Crippen LogP contribution is 2.00. The maximum Gasteiger partial charge on any atom is 0.258 e. The SMILES string of the molecule is CC(C)NC(=O)CNS(=O)(=O)c1cnc[nH]1. The number of hydrogen-bond acceptors (Lipinski definition) is 4. The van der Waals surface area contributed by atoms with E-state index >= 15 is 0 Å². The number of nitrogens with one attached hydrogen (secondary N) is 3. The van der Waals surface area contributed by atoms with E-state index in [0.717, 1.165) is 0 Å². The van der Waals surface area contributed by atoms with Crippen molar-refractivity contribution in [3.63, 3.8) is 0 Å². The third-order valence-electron chi connectivity index (χ3n) is 1.64. The Kier molecular flexibility index (Phi) is 4.02. The second-order valence-electron chi connectivity index (χ2n) is 3.46. The molecule has 1 aromatic rings. The molecule has 8 heteroatoms. The summed E-state index contributed by atoms with van der Waals surface area (Å²) >= 11 is 0. The Hall–Kier alpha value is -1.41. The van der Waals surface area contributed by atoms with Crippen LogP contribution in [0.5, 0.6) is 0 Å². The Morgan fingerprint density at radius 3 is 2.75 bits per heavy atom. The molecule has 0 aliphatic heterocycles. The number of carbonyl (C=O) groups is 1. The van der Waals surface area contributed by atoms with E-state index in [1.54, 1.807) is 13.8 Å². The Bertz CT molecular complexity index is 438. The van der Waals surface area contributed by atoms with Crippen LogP contribution in [0.25, 0.3) is 0 Å². The molecule has 7 nitrogen and oxygen atoms in total. The third-order valence-corrected chi connectivity index (χ3v) is 2.96. The number of H-pyrrole nitrogens is 1. The van der Waals surface area contributed by atoms with Crippen LogP contribution in [-0.2, 0) is 14.8 Å². The zero-order valence-corrected chi connectivity index (χ0v) is 9.84. The minimum Gasteiger partial charge on any atom is -0.353 e. The summed E-state index contributed by atoms with van der Waals surface area (Å²) in [6, 6.07) is -0.0239. The van der Waals surface area contributed by atoms with Crippen molar-refractivity contribution in [2.75, 3.05) is 6.54 Å². The Morgan fingerprint density at radius 1 is 1.56 bits per heavy atom. The van der Waals surface area contributed by atoms with Crippen LogP contribution in [0.4, 0.5) is 0 Å². The summed E-state index contributed by atoms with van der Waals surface area (Å²) in [4.78, 5) is 17.2. The molecule has 0 bridgehead atoms. The molecule has 0 saturated heterocycles. The molecule has 90 valence electrons. The molecule has 0 aromatic carbocycles. The lowest BCUT2D eigenvalue weighted by Crippen LogP contribution is -2.39. The number of nitrogens with zero attached hydrogens (tertiary/aromatic N) is 1. The van der Waals surface area contributed by atoms with Gasteiger partial charge in [0.2, 0.25) is 5.91 Å². The molecule has 16 heavy (non-hydrogen) atoms. The fourth-order valence-corrected chi connectivity index (χ4v) is 1.89. The summed E-state index contributed by atoms with van der Waals surface area (Å²) < 4.78 is 25.2. The molecule has 1 rings (SSSR count). The predicted molar refractivity (Wildman–Crippen MR) is 57.1 cm³/mol. The Morgan fingerprint density at radius 2 is 2.25 bits per heavy atom. The second-order valence-corrected chi connectivity index (χ2v) is 5.20. The van der Waals surface area contributed by atoms with E-state index in [1.807, 2.05) is 0 Å². The van der Waals surface area contributed by atoms with Crippen molar-refractivity contribution in [3.8, 4) is 0 Å². The van der Waals surface area contributed by atoms with Crippen molar-refractivity contribution in [2.24, 2.45) is 0 Å². The standard InChI is InChI=1S/C8H14N4O3S/c1-6(2)12-7(13)3-11-16(14,15)8-4-9-5-10-8/h4-6,11H,3H2,1-2H3,(H,9,10)(H,12,13). The molecule has 0 unspecified atom stereocenters. The second kappa shape index (κ2) is 5.08. The lowest BCUT2D eigenvalue weighted by atomic mass is 10.4. The highest BCUT2D eigenvalue weighted by atomic mass is 32.2. The van der Waals surface area contributed by atoms with Gasteiger partial charge in [-0.05, 0) is 13.8 Å². The fourth-order valence-electron chi connectivity index (χ4n) is 1.00. The first-order valence-electron chi connectivity index (χ1n) is 4.69. The van der Waals surface area contributed by atoms with E-state index in [0.29, 0.717) is 0 Å². The largest absolute Gasteiger partial charge is 0.353 e. The Labute approximate surface area is 93.7 Å². The van der Waals surface area contributed by atoms with E-state index in [2.05, 4.69) is 20.0 Å². The van der Waals surface area contributed by atoms with Gasteiger partial charge in [-0.15, -0.1) is 0 Å². The van der Waals surface area contributed by atoms with Gasteiger partial charge in [0.25, 0.3) is 10.0 Å². The third kappa shape index (κ3) is 3.63. The molecule has 0 atom stereocenters. The van der Waals surface area contributed by atoms with E-state index < -0.39 is 10.0 Å². The molecule has 1 amide bonds. The molecule has 0 fully saturated rings. The van der Waals surface area contributed by atoms with Crippen molar-refractivity contribution in [2.45, 2.75) is 24.9 Å². The smallest absolute Gasteiger partial charge is 0.258 e. The number of imidazole rings is 1. The van der Waals surface area contributed by atoms with Gasteiger partial charge in [0.05, 0.1) is 19.1 Å². The molecule has 0 aliphatic rings. The molecular weight excluding hydrogens is 232 g/mol. The molecule has 0 aliphatic carbocycles. The van der Waals surface area contributed by atoms with Crippen molar-refractivity contribution in [3.05, 3.63) is 12.5 Å². The van der Waals surface area contributed by atoms with Gasteiger partial charge in [0.15, 0.2) is 5.03 Å². The molecule has 0 saturated carbocycles. The van der Waals surface area contributed by atoms with Crippen LogP contribution < -0.4 is 10.0 Å². The lowest BCUT2D eigenvalue weighted by molar-refractivity contribution is -0.120. The topological polar surface area (TPSA) is 104 Å². The average molecular weight is 246 g/mol. The van der Waals surface area contributed by atoms with Crippen molar-refractivity contribution < 1.29 is 13.2 Å². The maximum absolute atomic E-state index is 11.5. The van der Waals surface area contributed by atoms with Crippen LogP contribution in [0.1, 0.15) is 13.8 Å². The van der Waals surface area contributed by atoms with E-state index in [-0.39, 0.29) is 23.5 Å². The first-order chi connectivity index (χ1) is 7.42. The number of sulfonamides is 1. The number of amides is 1. The van der Waals surface area contributed by atoms with Crippen LogP contribution in [-0.4, -0.2) is 36.9 Å². The number of aromatic amines is 1. The van der Waals surface area contributed by atoms with Crippen LogP contribution in [0.15, 0.2) is 17.6 Å². The van der Waals surface area contributed by atoms with E-state index in [1.165, 1.54) is 12.5 Å². The zero-order chi connectivity index (χ0) is 12.2. The van der Waals surface area contributed by atoms with E-state index in [9.17, 15) is 13.2 Å². The van der Waals surface area contributed by atoms with Gasteiger partial charge in [-0.2, -0.15) is 0 Å². The highest BCUT2D eigenvalue weighted by molar-refractivity contribution is 7.89. The Balaban J connectivity index is 2.53. The number of carbonyl (C=O) groups excluding carboxylic acids is 1. The normalized spacial score (nSPS) is 11.7. The van der Waals surface area contributed by atoms with Crippen molar-refractivity contribution >= 4 is 15.9 Å². The molecule has 0 radical (unpaired) electrons. The summed E-state index contributed by atoms with van der Waals surface area (Å²) in [6.07, 6.45) is 2.42. The van der Waals surface area contributed by atoms with Crippen LogP contribution >= 0.6 is 0 Å². The van der Waals surface area contributed by atoms with Gasteiger partial charge in [-0.1, -0.05) is 0 Å². The quantitative estimate of drug-likeness (QED) is 0.633. The number of aromatic nitrogens is 2. The van der Waals surface area contributed by atoms with Crippen LogP contribution in [0.3, 0.4) is 0 Å². The van der Waals surface area contributed by atoms with Gasteiger partial charge in [-0.25, -0.2) is 18.1 Å².